The topological polar surface area (TPSA) is 81.4 Å². The minimum atomic E-state index is -3.28. The van der Waals surface area contributed by atoms with Crippen molar-refractivity contribution in [2.75, 3.05) is 12.3 Å². The maximum absolute atomic E-state index is 11.7. The van der Waals surface area contributed by atoms with Gasteiger partial charge in [0.2, 0.25) is 10.0 Å². The van der Waals surface area contributed by atoms with Crippen molar-refractivity contribution in [3.8, 4) is 0 Å². The third-order valence-corrected chi connectivity index (χ3v) is 4.69. The third kappa shape index (κ3) is 8.57. The molecule has 0 unspecified atom stereocenters. The number of sulfonamides is 1. The van der Waals surface area contributed by atoms with Gasteiger partial charge < -0.3 is 5.73 Å². The molecule has 1 aliphatic carbocycles. The molecule has 0 aliphatic heterocycles. The van der Waals surface area contributed by atoms with Gasteiger partial charge in [-0.1, -0.05) is 43.4 Å². The molecule has 0 aromatic heterocycles. The van der Waals surface area contributed by atoms with E-state index < -0.39 is 10.0 Å². The zero-order valence-electron chi connectivity index (χ0n) is 11.8. The fourth-order valence-electron chi connectivity index (χ4n) is 2.33. The van der Waals surface area contributed by atoms with Crippen LogP contribution in [0.3, 0.4) is 0 Å². The van der Waals surface area contributed by atoms with E-state index in [-0.39, 0.29) is 11.9 Å². The average Bonchev–Trinajstić information content (AvgIpc) is 2.65. The van der Waals surface area contributed by atoms with Gasteiger partial charge in [0.15, 0.2) is 0 Å². The van der Waals surface area contributed by atoms with Crippen molar-refractivity contribution < 1.29 is 13.3 Å². The van der Waals surface area contributed by atoms with Gasteiger partial charge in [0.25, 0.3) is 0 Å². The van der Waals surface area contributed by atoms with Gasteiger partial charge in [-0.25, -0.2) is 8.42 Å². The fourth-order valence-corrected chi connectivity index (χ4v) is 3.28. The molecule has 0 aromatic rings. The highest BCUT2D eigenvalue weighted by molar-refractivity contribution is 7.89. The van der Waals surface area contributed by atoms with Crippen LogP contribution in [0.1, 0.15) is 64.2 Å². The Morgan fingerprint density at radius 3 is 2.26 bits per heavy atom. The van der Waals surface area contributed by atoms with Crippen molar-refractivity contribution in [2.45, 2.75) is 70.3 Å². The lowest BCUT2D eigenvalue weighted by Gasteiger charge is -2.15. The summed E-state index contributed by atoms with van der Waals surface area (Å²) >= 11 is 0. The van der Waals surface area contributed by atoms with Crippen LogP contribution < -0.4 is 10.6 Å². The summed E-state index contributed by atoms with van der Waals surface area (Å²) in [6, 6.07) is 0. The Kier molecular flexibility index (Phi) is 8.61. The molecule has 0 saturated heterocycles. The fraction of sp³-hybridized carbons (Fsp3) is 1.00. The van der Waals surface area contributed by atoms with Gasteiger partial charge in [-0.05, 0) is 32.2 Å². The predicted octanol–water partition coefficient (Wildman–Crippen LogP) is 2.08. The second-order valence-corrected chi connectivity index (χ2v) is 7.14. The first-order valence-corrected chi connectivity index (χ1v) is 9.14. The van der Waals surface area contributed by atoms with Gasteiger partial charge in [0.1, 0.15) is 0 Å². The standard InChI is InChI=1S/C13H28N2O3S/c14-11-7-3-4-8-12-19(16,17)15-18-13-9-5-1-2-6-10-13/h13,15H,1-12,14H2. The van der Waals surface area contributed by atoms with Gasteiger partial charge in [-0.3, -0.25) is 4.84 Å². The van der Waals surface area contributed by atoms with Crippen molar-refractivity contribution in [3.05, 3.63) is 0 Å². The normalized spacial score (nSPS) is 18.4. The molecular formula is C13H28N2O3S. The Bertz CT molecular complexity index is 312. The molecule has 0 heterocycles. The second kappa shape index (κ2) is 9.69. The van der Waals surface area contributed by atoms with E-state index in [0.717, 1.165) is 44.9 Å². The summed E-state index contributed by atoms with van der Waals surface area (Å²) in [7, 11) is -3.28. The van der Waals surface area contributed by atoms with Gasteiger partial charge in [0.05, 0.1) is 11.9 Å². The van der Waals surface area contributed by atoms with Crippen molar-refractivity contribution in [1.82, 2.24) is 4.89 Å². The van der Waals surface area contributed by atoms with Gasteiger partial charge >= 0.3 is 0 Å². The number of hydrogen-bond acceptors (Lipinski definition) is 4. The Morgan fingerprint density at radius 1 is 1.00 bits per heavy atom. The molecule has 19 heavy (non-hydrogen) atoms. The molecule has 0 bridgehead atoms. The van der Waals surface area contributed by atoms with E-state index >= 15 is 0 Å². The third-order valence-electron chi connectivity index (χ3n) is 3.51. The molecule has 0 aromatic carbocycles. The molecule has 1 aliphatic rings. The van der Waals surface area contributed by atoms with E-state index in [2.05, 4.69) is 4.89 Å². The van der Waals surface area contributed by atoms with Crippen LogP contribution in [0.15, 0.2) is 0 Å². The monoisotopic (exact) mass is 292 g/mol. The van der Waals surface area contributed by atoms with Gasteiger partial charge in [-0.15, -0.1) is 0 Å². The van der Waals surface area contributed by atoms with Crippen LogP contribution in [0, 0.1) is 0 Å². The lowest BCUT2D eigenvalue weighted by molar-refractivity contribution is 0.00884. The second-order valence-electron chi connectivity index (χ2n) is 5.34. The maximum Gasteiger partial charge on any atom is 0.233 e. The summed E-state index contributed by atoms with van der Waals surface area (Å²) in [6.45, 7) is 0.676. The molecule has 5 nitrogen and oxygen atoms in total. The van der Waals surface area contributed by atoms with Crippen molar-refractivity contribution in [3.63, 3.8) is 0 Å². The van der Waals surface area contributed by atoms with Crippen molar-refractivity contribution in [1.29, 1.82) is 0 Å². The molecule has 0 atom stereocenters. The highest BCUT2D eigenvalue weighted by Gasteiger charge is 2.16. The summed E-state index contributed by atoms with van der Waals surface area (Å²) in [5.74, 6) is 0.143. The summed E-state index contributed by atoms with van der Waals surface area (Å²) in [6.07, 6.45) is 10.2. The van der Waals surface area contributed by atoms with E-state index in [1.807, 2.05) is 0 Å². The maximum atomic E-state index is 11.7. The van der Waals surface area contributed by atoms with Crippen LogP contribution in [0.2, 0.25) is 0 Å². The zero-order valence-corrected chi connectivity index (χ0v) is 12.6. The van der Waals surface area contributed by atoms with E-state index in [1.54, 1.807) is 0 Å². The Labute approximate surface area is 117 Å². The first kappa shape index (κ1) is 16.9. The molecule has 1 rings (SSSR count). The highest BCUT2D eigenvalue weighted by Crippen LogP contribution is 2.19. The van der Waals surface area contributed by atoms with E-state index in [1.165, 1.54) is 12.8 Å². The van der Waals surface area contributed by atoms with Crippen LogP contribution in [-0.2, 0) is 14.9 Å². The van der Waals surface area contributed by atoms with Crippen LogP contribution in [-0.4, -0.2) is 26.8 Å². The molecular weight excluding hydrogens is 264 g/mol. The van der Waals surface area contributed by atoms with Crippen molar-refractivity contribution >= 4 is 10.0 Å². The summed E-state index contributed by atoms with van der Waals surface area (Å²) in [4.78, 5) is 7.64. The van der Waals surface area contributed by atoms with Crippen LogP contribution in [0.4, 0.5) is 0 Å². The minimum absolute atomic E-state index is 0.0505. The van der Waals surface area contributed by atoms with Gasteiger partial charge in [-0.2, -0.15) is 0 Å². The van der Waals surface area contributed by atoms with E-state index in [9.17, 15) is 8.42 Å². The lowest BCUT2D eigenvalue weighted by Crippen LogP contribution is -2.31. The van der Waals surface area contributed by atoms with E-state index in [0.29, 0.717) is 13.0 Å². The molecule has 0 radical (unpaired) electrons. The first-order valence-electron chi connectivity index (χ1n) is 7.49. The van der Waals surface area contributed by atoms with Crippen LogP contribution >= 0.6 is 0 Å². The summed E-state index contributed by atoms with van der Waals surface area (Å²) in [5, 5.41) is 0. The first-order chi connectivity index (χ1) is 9.14. The molecule has 3 N–H and O–H groups in total. The Hall–Kier alpha value is -0.170. The number of nitrogens with one attached hydrogen (secondary N) is 1. The quantitative estimate of drug-likeness (QED) is 0.387. The Morgan fingerprint density at radius 2 is 1.63 bits per heavy atom. The number of rotatable bonds is 9. The van der Waals surface area contributed by atoms with E-state index in [4.69, 9.17) is 10.6 Å². The smallest absolute Gasteiger partial charge is 0.233 e. The molecule has 6 heteroatoms. The lowest BCUT2D eigenvalue weighted by atomic mass is 10.2. The minimum Gasteiger partial charge on any atom is -0.330 e. The number of unbranched alkanes of at least 4 members (excludes halogenated alkanes) is 3. The van der Waals surface area contributed by atoms with Crippen LogP contribution in [0.5, 0.6) is 0 Å². The molecule has 1 fully saturated rings. The molecule has 0 spiro atoms. The zero-order chi connectivity index (χ0) is 14.0. The predicted molar refractivity (Wildman–Crippen MR) is 77.0 cm³/mol. The molecule has 0 amide bonds. The summed E-state index contributed by atoms with van der Waals surface area (Å²) in [5.41, 5.74) is 5.39. The molecule has 1 saturated carbocycles. The van der Waals surface area contributed by atoms with Crippen molar-refractivity contribution in [2.24, 2.45) is 5.73 Å². The molecule has 114 valence electrons. The Balaban J connectivity index is 2.14. The highest BCUT2D eigenvalue weighted by atomic mass is 32.2. The summed E-state index contributed by atoms with van der Waals surface area (Å²) < 4.78 is 23.5. The SMILES string of the molecule is NCCCCCCS(=O)(=O)NOC1CCCCCC1. The number of hydrogen-bond donors (Lipinski definition) is 2. The van der Waals surface area contributed by atoms with Crippen LogP contribution in [0.25, 0.3) is 0 Å². The van der Waals surface area contributed by atoms with Gasteiger partial charge in [0, 0.05) is 0 Å². The average molecular weight is 292 g/mol. The number of nitrogens with two attached hydrogens (primary N) is 1. The largest absolute Gasteiger partial charge is 0.330 e.